The van der Waals surface area contributed by atoms with E-state index in [4.69, 9.17) is 15.2 Å². The number of aliphatic hydroxyl groups excluding tert-OH is 1. The zero-order valence-corrected chi connectivity index (χ0v) is 15.5. The smallest absolute Gasteiger partial charge is 0.410 e. The first kappa shape index (κ1) is 19.4. The molecule has 1 amide bonds. The molecule has 2 rings (SSSR count). The Morgan fingerprint density at radius 2 is 2.08 bits per heavy atom. The number of β-amino-alcohol motifs (C(OH)–C–C–N with tert-alkyl or cyclic N) is 1. The minimum absolute atomic E-state index is 0.0244. The molecule has 0 aromatic carbocycles. The highest BCUT2D eigenvalue weighted by Gasteiger charge is 2.44. The van der Waals surface area contributed by atoms with E-state index < -0.39 is 11.7 Å². The molecule has 5 atom stereocenters. The van der Waals surface area contributed by atoms with Crippen molar-refractivity contribution in [2.75, 3.05) is 19.6 Å². The fraction of sp³-hybridized carbons (Fsp3) is 0.941. The van der Waals surface area contributed by atoms with E-state index in [2.05, 4.69) is 19.2 Å². The van der Waals surface area contributed by atoms with Gasteiger partial charge in [-0.05, 0) is 33.1 Å². The SMILES string of the molecule is CC(C)C[C@H](N)C1OC1NC[C@H]1CN(C(=O)OC(C)(C)C)C[C@H]1O. The van der Waals surface area contributed by atoms with Gasteiger partial charge in [-0.25, -0.2) is 4.79 Å². The number of epoxide rings is 1. The molecule has 4 N–H and O–H groups in total. The van der Waals surface area contributed by atoms with Gasteiger partial charge in [0.25, 0.3) is 0 Å². The molecule has 2 unspecified atom stereocenters. The summed E-state index contributed by atoms with van der Waals surface area (Å²) in [6, 6.07) is 0.0364. The first-order valence-corrected chi connectivity index (χ1v) is 8.87. The fourth-order valence-corrected chi connectivity index (χ4v) is 3.09. The molecule has 0 bridgehead atoms. The van der Waals surface area contributed by atoms with Gasteiger partial charge in [-0.1, -0.05) is 13.8 Å². The third-order valence-electron chi connectivity index (χ3n) is 4.33. The van der Waals surface area contributed by atoms with Gasteiger partial charge >= 0.3 is 6.09 Å². The highest BCUT2D eigenvalue weighted by atomic mass is 16.6. The number of aliphatic hydroxyl groups is 1. The van der Waals surface area contributed by atoms with Crippen molar-refractivity contribution < 1.29 is 19.4 Å². The molecular weight excluding hydrogens is 310 g/mol. The zero-order valence-electron chi connectivity index (χ0n) is 15.5. The summed E-state index contributed by atoms with van der Waals surface area (Å²) < 4.78 is 10.9. The van der Waals surface area contributed by atoms with Gasteiger partial charge in [0.05, 0.1) is 12.6 Å². The van der Waals surface area contributed by atoms with Crippen molar-refractivity contribution >= 4 is 6.09 Å². The standard InChI is InChI=1S/C17H33N3O4/c1-10(2)6-12(18)14-15(23-14)19-7-11-8-20(9-13(11)21)16(22)24-17(3,4)5/h10-15,19,21H,6-9,18H2,1-5H3/t11-,12-,13+,14?,15?/m0/s1. The van der Waals surface area contributed by atoms with Crippen molar-refractivity contribution in [3.8, 4) is 0 Å². The number of likely N-dealkylation sites (tertiary alicyclic amines) is 1. The van der Waals surface area contributed by atoms with Gasteiger partial charge in [-0.2, -0.15) is 0 Å². The molecule has 24 heavy (non-hydrogen) atoms. The highest BCUT2D eigenvalue weighted by molar-refractivity contribution is 5.68. The summed E-state index contributed by atoms with van der Waals surface area (Å²) in [4.78, 5) is 13.6. The molecule has 0 spiro atoms. The number of nitrogens with two attached hydrogens (primary N) is 1. The average Bonchev–Trinajstić information content (AvgIpc) is 3.10. The first-order chi connectivity index (χ1) is 11.1. The molecule has 0 saturated carbocycles. The van der Waals surface area contributed by atoms with E-state index in [-0.39, 0.29) is 30.4 Å². The quantitative estimate of drug-likeness (QED) is 0.620. The Kier molecular flexibility index (Phi) is 6.12. The lowest BCUT2D eigenvalue weighted by Gasteiger charge is -2.24. The monoisotopic (exact) mass is 343 g/mol. The van der Waals surface area contributed by atoms with Crippen LogP contribution in [0.4, 0.5) is 4.79 Å². The molecule has 2 heterocycles. The third kappa shape index (κ3) is 5.58. The number of rotatable bonds is 6. The van der Waals surface area contributed by atoms with Crippen LogP contribution in [-0.4, -0.2) is 65.8 Å². The Balaban J connectivity index is 1.72. The lowest BCUT2D eigenvalue weighted by molar-refractivity contribution is 0.0270. The molecule has 0 radical (unpaired) electrons. The summed E-state index contributed by atoms with van der Waals surface area (Å²) >= 11 is 0. The zero-order chi connectivity index (χ0) is 18.1. The third-order valence-corrected chi connectivity index (χ3v) is 4.33. The van der Waals surface area contributed by atoms with Crippen LogP contribution in [0.5, 0.6) is 0 Å². The summed E-state index contributed by atoms with van der Waals surface area (Å²) in [6.07, 6.45) is 0.0194. The minimum Gasteiger partial charge on any atom is -0.444 e. The number of amides is 1. The van der Waals surface area contributed by atoms with Gasteiger partial charge in [-0.3, -0.25) is 5.32 Å². The second-order valence-electron chi connectivity index (χ2n) is 8.44. The average molecular weight is 343 g/mol. The predicted molar refractivity (Wildman–Crippen MR) is 91.4 cm³/mol. The Bertz CT molecular complexity index is 438. The molecule has 2 aliphatic rings. The molecule has 2 saturated heterocycles. The van der Waals surface area contributed by atoms with E-state index >= 15 is 0 Å². The van der Waals surface area contributed by atoms with Crippen LogP contribution < -0.4 is 11.1 Å². The normalized spacial score (nSPS) is 31.4. The Morgan fingerprint density at radius 1 is 1.42 bits per heavy atom. The summed E-state index contributed by atoms with van der Waals surface area (Å²) in [5.74, 6) is 0.521. The largest absolute Gasteiger partial charge is 0.444 e. The maximum atomic E-state index is 12.1. The second-order valence-corrected chi connectivity index (χ2v) is 8.44. The molecule has 0 aromatic heterocycles. The van der Waals surface area contributed by atoms with Crippen molar-refractivity contribution in [1.82, 2.24) is 10.2 Å². The van der Waals surface area contributed by atoms with Crippen molar-refractivity contribution in [3.05, 3.63) is 0 Å². The minimum atomic E-state index is -0.549. The fourth-order valence-electron chi connectivity index (χ4n) is 3.09. The maximum Gasteiger partial charge on any atom is 0.410 e. The summed E-state index contributed by atoms with van der Waals surface area (Å²) in [5.41, 5.74) is 5.59. The van der Waals surface area contributed by atoms with Gasteiger partial charge in [0.15, 0.2) is 0 Å². The van der Waals surface area contributed by atoms with Crippen LogP contribution in [0.3, 0.4) is 0 Å². The van der Waals surface area contributed by atoms with Crippen molar-refractivity contribution in [2.45, 2.75) is 71.1 Å². The van der Waals surface area contributed by atoms with Crippen molar-refractivity contribution in [3.63, 3.8) is 0 Å². The van der Waals surface area contributed by atoms with E-state index in [9.17, 15) is 9.90 Å². The van der Waals surface area contributed by atoms with Gasteiger partial charge in [0.1, 0.15) is 17.9 Å². The molecule has 2 aliphatic heterocycles. The lowest BCUT2D eigenvalue weighted by atomic mass is 10.0. The van der Waals surface area contributed by atoms with Crippen LogP contribution in [0.15, 0.2) is 0 Å². The molecule has 140 valence electrons. The number of carbonyl (C=O) groups excluding carboxylic acids is 1. The van der Waals surface area contributed by atoms with E-state index in [1.165, 1.54) is 0 Å². The van der Waals surface area contributed by atoms with Crippen LogP contribution >= 0.6 is 0 Å². The summed E-state index contributed by atoms with van der Waals surface area (Å²) in [7, 11) is 0. The number of hydrogen-bond acceptors (Lipinski definition) is 6. The van der Waals surface area contributed by atoms with Crippen molar-refractivity contribution in [1.29, 1.82) is 0 Å². The number of nitrogens with zero attached hydrogens (tertiary/aromatic N) is 1. The van der Waals surface area contributed by atoms with Gasteiger partial charge in [0.2, 0.25) is 0 Å². The first-order valence-electron chi connectivity index (χ1n) is 8.87. The molecule has 2 fully saturated rings. The molecule has 0 aromatic rings. The molecule has 7 heteroatoms. The second kappa shape index (κ2) is 7.56. The van der Waals surface area contributed by atoms with E-state index in [1.807, 2.05) is 20.8 Å². The van der Waals surface area contributed by atoms with Crippen LogP contribution in [0.25, 0.3) is 0 Å². The Morgan fingerprint density at radius 3 is 2.67 bits per heavy atom. The Hall–Kier alpha value is -0.890. The topological polar surface area (TPSA) is 100 Å². The van der Waals surface area contributed by atoms with Crippen LogP contribution in [0.2, 0.25) is 0 Å². The van der Waals surface area contributed by atoms with Crippen LogP contribution in [0, 0.1) is 11.8 Å². The van der Waals surface area contributed by atoms with E-state index in [1.54, 1.807) is 4.90 Å². The predicted octanol–water partition coefficient (Wildman–Crippen LogP) is 0.902. The van der Waals surface area contributed by atoms with Gasteiger partial charge in [-0.15, -0.1) is 0 Å². The molecule has 7 nitrogen and oxygen atoms in total. The molecular formula is C17H33N3O4. The lowest BCUT2D eigenvalue weighted by Crippen LogP contribution is -2.37. The van der Waals surface area contributed by atoms with E-state index in [0.29, 0.717) is 25.6 Å². The number of nitrogens with one attached hydrogen (secondary N) is 1. The van der Waals surface area contributed by atoms with Crippen LogP contribution in [-0.2, 0) is 9.47 Å². The summed E-state index contributed by atoms with van der Waals surface area (Å²) in [6.45, 7) is 11.2. The van der Waals surface area contributed by atoms with Crippen LogP contribution in [0.1, 0.15) is 41.0 Å². The number of hydrogen-bond donors (Lipinski definition) is 3. The Labute approximate surface area is 144 Å². The number of ether oxygens (including phenoxy) is 2. The van der Waals surface area contributed by atoms with E-state index in [0.717, 1.165) is 6.42 Å². The van der Waals surface area contributed by atoms with Crippen molar-refractivity contribution in [2.24, 2.45) is 17.6 Å². The molecule has 0 aliphatic carbocycles. The van der Waals surface area contributed by atoms with Gasteiger partial charge < -0.3 is 25.2 Å². The highest BCUT2D eigenvalue weighted by Crippen LogP contribution is 2.26. The number of carbonyl (C=O) groups is 1. The summed E-state index contributed by atoms with van der Waals surface area (Å²) in [5, 5.41) is 13.5. The van der Waals surface area contributed by atoms with Gasteiger partial charge in [0, 0.05) is 25.0 Å². The maximum absolute atomic E-state index is 12.1.